The van der Waals surface area contributed by atoms with E-state index in [1.807, 2.05) is 30.9 Å². The lowest BCUT2D eigenvalue weighted by molar-refractivity contribution is -0.119. The zero-order valence-electron chi connectivity index (χ0n) is 13.4. The van der Waals surface area contributed by atoms with Crippen molar-refractivity contribution in [1.29, 1.82) is 0 Å². The van der Waals surface area contributed by atoms with Crippen LogP contribution in [0.1, 0.15) is 11.3 Å². The maximum atomic E-state index is 12.1. The van der Waals surface area contributed by atoms with Crippen LogP contribution in [0.25, 0.3) is 0 Å². The lowest BCUT2D eigenvalue weighted by Gasteiger charge is -2.32. The summed E-state index contributed by atoms with van der Waals surface area (Å²) in [6.45, 7) is 6.85. The molecule has 1 atom stereocenters. The molecule has 1 amide bonds. The van der Waals surface area contributed by atoms with Gasteiger partial charge in [0.25, 0.3) is 0 Å². The average molecular weight is 319 g/mol. The number of carbonyl (C=O) groups excluding carboxylic acids is 1. The summed E-state index contributed by atoms with van der Waals surface area (Å²) in [7, 11) is 0. The van der Waals surface area contributed by atoms with Crippen molar-refractivity contribution < 1.29 is 14.1 Å². The van der Waals surface area contributed by atoms with Gasteiger partial charge in [0.2, 0.25) is 11.8 Å². The van der Waals surface area contributed by atoms with Gasteiger partial charge in [-0.15, -0.1) is 0 Å². The Morgan fingerprint density at radius 2 is 2.35 bits per heavy atom. The molecule has 3 rings (SSSR count). The SMILES string of the molecule is Cc1cnn(C[C@H]2CN(CC(=O)Nc3cc(C)no3)CCO2)c1. The normalized spacial score (nSPS) is 19.0. The molecule has 2 aromatic rings. The van der Waals surface area contributed by atoms with Gasteiger partial charge in [-0.2, -0.15) is 5.10 Å². The molecule has 8 heteroatoms. The van der Waals surface area contributed by atoms with Gasteiger partial charge in [0.1, 0.15) is 0 Å². The second-order valence-electron chi connectivity index (χ2n) is 5.85. The van der Waals surface area contributed by atoms with Crippen LogP contribution < -0.4 is 5.32 Å². The smallest absolute Gasteiger partial charge is 0.240 e. The van der Waals surface area contributed by atoms with Gasteiger partial charge in [0, 0.05) is 25.4 Å². The Balaban J connectivity index is 1.49. The molecular weight excluding hydrogens is 298 g/mol. The fraction of sp³-hybridized carbons (Fsp3) is 0.533. The predicted octanol–water partition coefficient (Wildman–Crippen LogP) is 0.827. The third-order valence-electron chi connectivity index (χ3n) is 3.63. The molecule has 0 unspecified atom stereocenters. The standard InChI is InChI=1S/C15H21N5O3/c1-11-6-16-20(7-11)9-13-8-19(3-4-22-13)10-14(21)17-15-5-12(2)18-23-15/h5-7,13H,3-4,8-10H2,1-2H3,(H,17,21)/t13-/m1/s1. The number of morpholine rings is 1. The summed E-state index contributed by atoms with van der Waals surface area (Å²) in [5.74, 6) is 0.265. The van der Waals surface area contributed by atoms with Crippen molar-refractivity contribution in [2.75, 3.05) is 31.6 Å². The molecule has 0 bridgehead atoms. The van der Waals surface area contributed by atoms with Gasteiger partial charge in [-0.05, 0) is 19.4 Å². The maximum absolute atomic E-state index is 12.1. The molecule has 0 saturated carbocycles. The van der Waals surface area contributed by atoms with Crippen LogP contribution in [0.4, 0.5) is 5.88 Å². The molecule has 1 aliphatic rings. The van der Waals surface area contributed by atoms with Gasteiger partial charge in [-0.1, -0.05) is 5.16 Å². The van der Waals surface area contributed by atoms with E-state index in [4.69, 9.17) is 9.26 Å². The van der Waals surface area contributed by atoms with Gasteiger partial charge in [0.05, 0.1) is 37.7 Å². The summed E-state index contributed by atoms with van der Waals surface area (Å²) < 4.78 is 12.6. The zero-order chi connectivity index (χ0) is 16.2. The third-order valence-corrected chi connectivity index (χ3v) is 3.63. The first-order chi connectivity index (χ1) is 11.1. The van der Waals surface area contributed by atoms with Gasteiger partial charge in [-0.25, -0.2) is 0 Å². The number of aromatic nitrogens is 3. The first-order valence-corrected chi connectivity index (χ1v) is 7.64. The molecule has 2 aromatic heterocycles. The van der Waals surface area contributed by atoms with E-state index in [2.05, 4.69) is 20.5 Å². The van der Waals surface area contributed by atoms with Gasteiger partial charge in [-0.3, -0.25) is 19.7 Å². The largest absolute Gasteiger partial charge is 0.374 e. The first-order valence-electron chi connectivity index (χ1n) is 7.64. The molecule has 3 heterocycles. The summed E-state index contributed by atoms with van der Waals surface area (Å²) in [6.07, 6.45) is 3.85. The average Bonchev–Trinajstić information content (AvgIpc) is 3.08. The molecule has 0 aromatic carbocycles. The van der Waals surface area contributed by atoms with Crippen LogP contribution in [0, 0.1) is 13.8 Å². The van der Waals surface area contributed by atoms with E-state index in [1.54, 1.807) is 6.07 Å². The molecule has 124 valence electrons. The Morgan fingerprint density at radius 1 is 1.48 bits per heavy atom. The summed E-state index contributed by atoms with van der Waals surface area (Å²) in [4.78, 5) is 14.1. The van der Waals surface area contributed by atoms with Crippen molar-refractivity contribution in [1.82, 2.24) is 19.8 Å². The Labute approximate surface area is 134 Å². The van der Waals surface area contributed by atoms with E-state index >= 15 is 0 Å². The lowest BCUT2D eigenvalue weighted by atomic mass is 10.2. The number of hydrogen-bond donors (Lipinski definition) is 1. The van der Waals surface area contributed by atoms with Gasteiger partial charge >= 0.3 is 0 Å². The second kappa shape index (κ2) is 6.93. The van der Waals surface area contributed by atoms with Crippen molar-refractivity contribution in [2.24, 2.45) is 0 Å². The number of aryl methyl sites for hydroxylation is 2. The van der Waals surface area contributed by atoms with E-state index < -0.39 is 0 Å². The van der Waals surface area contributed by atoms with E-state index in [-0.39, 0.29) is 12.0 Å². The highest BCUT2D eigenvalue weighted by molar-refractivity contribution is 5.90. The van der Waals surface area contributed by atoms with Crippen LogP contribution >= 0.6 is 0 Å². The predicted molar refractivity (Wildman–Crippen MR) is 83.0 cm³/mol. The molecule has 1 aliphatic heterocycles. The summed E-state index contributed by atoms with van der Waals surface area (Å²) in [5, 5.41) is 10.7. The van der Waals surface area contributed by atoms with Gasteiger partial charge < -0.3 is 9.26 Å². The third kappa shape index (κ3) is 4.40. The number of hydrogen-bond acceptors (Lipinski definition) is 6. The Kier molecular flexibility index (Phi) is 4.73. The maximum Gasteiger partial charge on any atom is 0.240 e. The van der Waals surface area contributed by atoms with Crippen LogP contribution in [-0.2, 0) is 16.1 Å². The molecule has 0 aliphatic carbocycles. The monoisotopic (exact) mass is 319 g/mol. The van der Waals surface area contributed by atoms with E-state index in [9.17, 15) is 4.79 Å². The number of ether oxygens (including phenoxy) is 1. The molecule has 1 fully saturated rings. The number of nitrogens with one attached hydrogen (secondary N) is 1. The van der Waals surface area contributed by atoms with E-state index in [0.717, 1.165) is 17.8 Å². The zero-order valence-corrected chi connectivity index (χ0v) is 13.4. The highest BCUT2D eigenvalue weighted by atomic mass is 16.5. The minimum atomic E-state index is -0.114. The van der Waals surface area contributed by atoms with E-state index in [0.29, 0.717) is 32.1 Å². The van der Waals surface area contributed by atoms with Crippen molar-refractivity contribution >= 4 is 11.8 Å². The van der Waals surface area contributed by atoms with Crippen molar-refractivity contribution in [3.05, 3.63) is 29.7 Å². The topological polar surface area (TPSA) is 85.4 Å². The van der Waals surface area contributed by atoms with E-state index in [1.165, 1.54) is 0 Å². The number of nitrogens with zero attached hydrogens (tertiary/aromatic N) is 4. The molecule has 8 nitrogen and oxygen atoms in total. The van der Waals surface area contributed by atoms with Crippen LogP contribution in [0.2, 0.25) is 0 Å². The Morgan fingerprint density at radius 3 is 3.04 bits per heavy atom. The van der Waals surface area contributed by atoms with Crippen molar-refractivity contribution in [2.45, 2.75) is 26.5 Å². The van der Waals surface area contributed by atoms with Crippen molar-refractivity contribution in [3.63, 3.8) is 0 Å². The van der Waals surface area contributed by atoms with Crippen LogP contribution in [0.5, 0.6) is 0 Å². The fourth-order valence-electron chi connectivity index (χ4n) is 2.61. The number of carbonyl (C=O) groups is 1. The minimum Gasteiger partial charge on any atom is -0.374 e. The molecule has 23 heavy (non-hydrogen) atoms. The van der Waals surface area contributed by atoms with Gasteiger partial charge in [0.15, 0.2) is 0 Å². The minimum absolute atomic E-state index is 0.0309. The molecule has 1 saturated heterocycles. The summed E-state index contributed by atoms with van der Waals surface area (Å²) in [6, 6.07) is 1.69. The molecule has 1 N–H and O–H groups in total. The van der Waals surface area contributed by atoms with Crippen LogP contribution in [-0.4, -0.2) is 58.1 Å². The fourth-order valence-corrected chi connectivity index (χ4v) is 2.61. The summed E-state index contributed by atoms with van der Waals surface area (Å²) in [5.41, 5.74) is 1.86. The molecule has 0 spiro atoms. The highest BCUT2D eigenvalue weighted by Crippen LogP contribution is 2.10. The molecular formula is C15H21N5O3. The van der Waals surface area contributed by atoms with Crippen LogP contribution in [0.3, 0.4) is 0 Å². The molecule has 0 radical (unpaired) electrons. The number of anilines is 1. The lowest BCUT2D eigenvalue weighted by Crippen LogP contribution is -2.47. The first kappa shape index (κ1) is 15.7. The quantitative estimate of drug-likeness (QED) is 0.878. The second-order valence-corrected chi connectivity index (χ2v) is 5.85. The summed E-state index contributed by atoms with van der Waals surface area (Å²) >= 11 is 0. The van der Waals surface area contributed by atoms with Crippen LogP contribution in [0.15, 0.2) is 23.0 Å². The number of rotatable bonds is 5. The Bertz CT molecular complexity index is 666. The highest BCUT2D eigenvalue weighted by Gasteiger charge is 2.23. The van der Waals surface area contributed by atoms with Crippen molar-refractivity contribution in [3.8, 4) is 0 Å². The number of amides is 1. The Hall–Kier alpha value is -2.19.